The highest BCUT2D eigenvalue weighted by Gasteiger charge is 2.31. The Morgan fingerprint density at radius 2 is 2.25 bits per heavy atom. The minimum Gasteiger partial charge on any atom is -0.326 e. The molecule has 0 aliphatic heterocycles. The van der Waals surface area contributed by atoms with E-state index in [9.17, 15) is 18.0 Å². The summed E-state index contributed by atoms with van der Waals surface area (Å²) in [4.78, 5) is 11.0. The highest BCUT2D eigenvalue weighted by Crippen LogP contribution is 2.20. The molecular weight excluding hydrogens is 225 g/mol. The van der Waals surface area contributed by atoms with Crippen LogP contribution in [0.15, 0.2) is 6.20 Å². The first-order valence-corrected chi connectivity index (χ1v) is 4.41. The van der Waals surface area contributed by atoms with E-state index >= 15 is 0 Å². The second kappa shape index (κ2) is 4.52. The molecule has 0 bridgehead atoms. The third kappa shape index (κ3) is 3.54. The monoisotopic (exact) mass is 236 g/mol. The van der Waals surface area contributed by atoms with E-state index in [4.69, 9.17) is 5.73 Å². The van der Waals surface area contributed by atoms with Gasteiger partial charge < -0.3 is 11.1 Å². The fourth-order valence-electron chi connectivity index (χ4n) is 1.15. The first-order valence-electron chi connectivity index (χ1n) is 4.41. The van der Waals surface area contributed by atoms with E-state index in [1.54, 1.807) is 7.05 Å². The van der Waals surface area contributed by atoms with E-state index in [-0.39, 0.29) is 12.4 Å². The van der Waals surface area contributed by atoms with Crippen LogP contribution in [-0.4, -0.2) is 21.9 Å². The van der Waals surface area contributed by atoms with Crippen molar-refractivity contribution in [1.29, 1.82) is 0 Å². The Bertz CT molecular complexity index is 385. The van der Waals surface area contributed by atoms with Crippen LogP contribution in [0.5, 0.6) is 0 Å². The van der Waals surface area contributed by atoms with E-state index in [1.807, 2.05) is 0 Å². The number of halogens is 3. The van der Waals surface area contributed by atoms with Gasteiger partial charge in [-0.3, -0.25) is 9.48 Å². The Morgan fingerprint density at radius 3 is 2.75 bits per heavy atom. The quantitative estimate of drug-likeness (QED) is 0.814. The molecule has 8 heteroatoms. The topological polar surface area (TPSA) is 72.9 Å². The highest BCUT2D eigenvalue weighted by molar-refractivity contribution is 5.90. The van der Waals surface area contributed by atoms with E-state index in [0.29, 0.717) is 5.56 Å². The van der Waals surface area contributed by atoms with E-state index < -0.39 is 18.5 Å². The van der Waals surface area contributed by atoms with Crippen molar-refractivity contribution in [1.82, 2.24) is 9.78 Å². The Morgan fingerprint density at radius 1 is 1.62 bits per heavy atom. The number of carbonyl (C=O) groups is 1. The molecular formula is C8H11F3N4O. The fourth-order valence-corrected chi connectivity index (χ4v) is 1.15. The van der Waals surface area contributed by atoms with Gasteiger partial charge >= 0.3 is 6.18 Å². The van der Waals surface area contributed by atoms with E-state index in [2.05, 4.69) is 10.4 Å². The number of alkyl halides is 3. The van der Waals surface area contributed by atoms with Crippen molar-refractivity contribution in [3.05, 3.63) is 11.8 Å². The Hall–Kier alpha value is -1.57. The van der Waals surface area contributed by atoms with Gasteiger partial charge in [0.15, 0.2) is 5.82 Å². The van der Waals surface area contributed by atoms with Gasteiger partial charge in [0.25, 0.3) is 0 Å². The van der Waals surface area contributed by atoms with Crippen molar-refractivity contribution in [3.63, 3.8) is 0 Å². The largest absolute Gasteiger partial charge is 0.397 e. The summed E-state index contributed by atoms with van der Waals surface area (Å²) in [5.41, 5.74) is 5.82. The van der Waals surface area contributed by atoms with Gasteiger partial charge in [-0.05, 0) is 0 Å². The number of rotatable bonds is 3. The van der Waals surface area contributed by atoms with Gasteiger partial charge in [-0.25, -0.2) is 0 Å². The molecule has 90 valence electrons. The van der Waals surface area contributed by atoms with Gasteiger partial charge in [-0.15, -0.1) is 0 Å². The molecule has 0 aliphatic rings. The van der Waals surface area contributed by atoms with Crippen LogP contribution in [0.1, 0.15) is 12.0 Å². The van der Waals surface area contributed by atoms with Gasteiger partial charge in [0.05, 0.1) is 0 Å². The normalized spacial score (nSPS) is 11.6. The number of nitrogens with one attached hydrogen (secondary N) is 1. The molecule has 0 spiro atoms. The maximum Gasteiger partial charge on any atom is 0.397 e. The van der Waals surface area contributed by atoms with Crippen molar-refractivity contribution in [3.8, 4) is 0 Å². The summed E-state index contributed by atoms with van der Waals surface area (Å²) in [6.45, 7) is 0.0927. The maximum absolute atomic E-state index is 11.9. The molecule has 0 aromatic carbocycles. The predicted molar refractivity (Wildman–Crippen MR) is 50.4 cm³/mol. The lowest BCUT2D eigenvalue weighted by Crippen LogP contribution is -2.22. The zero-order valence-electron chi connectivity index (χ0n) is 8.51. The van der Waals surface area contributed by atoms with E-state index in [1.165, 1.54) is 10.9 Å². The number of nitrogens with two attached hydrogens (primary N) is 1. The smallest absolute Gasteiger partial charge is 0.326 e. The summed E-state index contributed by atoms with van der Waals surface area (Å²) in [6.07, 6.45) is -4.53. The Labute approximate surface area is 89.4 Å². The van der Waals surface area contributed by atoms with Gasteiger partial charge in [0.1, 0.15) is 6.42 Å². The maximum atomic E-state index is 11.9. The third-order valence-electron chi connectivity index (χ3n) is 1.74. The average Bonchev–Trinajstić information content (AvgIpc) is 2.42. The molecule has 0 radical (unpaired) electrons. The van der Waals surface area contributed by atoms with Crippen LogP contribution in [0.3, 0.4) is 0 Å². The molecule has 3 N–H and O–H groups in total. The first-order chi connectivity index (χ1) is 7.31. The van der Waals surface area contributed by atoms with Crippen LogP contribution >= 0.6 is 0 Å². The standard InChI is InChI=1S/C8H11F3N4O/c1-15-4-5(3-12)7(14-15)13-6(16)2-8(9,10)11/h4H,2-3,12H2,1H3,(H,13,14,16). The molecule has 0 atom stereocenters. The van der Waals surface area contributed by atoms with Crippen LogP contribution in [0.2, 0.25) is 0 Å². The number of nitrogens with zero attached hydrogens (tertiary/aromatic N) is 2. The lowest BCUT2D eigenvalue weighted by Gasteiger charge is -2.06. The molecule has 1 amide bonds. The van der Waals surface area contributed by atoms with Crippen LogP contribution < -0.4 is 11.1 Å². The summed E-state index contributed by atoms with van der Waals surface area (Å²) in [5, 5.41) is 5.86. The van der Waals surface area contributed by atoms with Crippen molar-refractivity contribution in [2.75, 3.05) is 5.32 Å². The molecule has 16 heavy (non-hydrogen) atoms. The minimum absolute atomic E-state index is 0.0688. The summed E-state index contributed by atoms with van der Waals surface area (Å²) < 4.78 is 37.0. The van der Waals surface area contributed by atoms with Gasteiger partial charge in [0.2, 0.25) is 5.91 Å². The molecule has 1 aromatic heterocycles. The SMILES string of the molecule is Cn1cc(CN)c(NC(=O)CC(F)(F)F)n1. The van der Waals surface area contributed by atoms with Gasteiger partial charge in [0, 0.05) is 25.4 Å². The Kier molecular flexibility index (Phi) is 3.53. The summed E-state index contributed by atoms with van der Waals surface area (Å²) in [7, 11) is 1.58. The molecule has 1 rings (SSSR count). The summed E-state index contributed by atoms with van der Waals surface area (Å²) in [6, 6.07) is 0. The van der Waals surface area contributed by atoms with E-state index in [0.717, 1.165) is 0 Å². The zero-order chi connectivity index (χ0) is 12.3. The lowest BCUT2D eigenvalue weighted by molar-refractivity contribution is -0.150. The van der Waals surface area contributed by atoms with Crippen molar-refractivity contribution >= 4 is 11.7 Å². The van der Waals surface area contributed by atoms with Crippen LogP contribution in [0, 0.1) is 0 Å². The molecule has 1 heterocycles. The first kappa shape index (κ1) is 12.5. The third-order valence-corrected chi connectivity index (χ3v) is 1.74. The van der Waals surface area contributed by atoms with Crippen molar-refractivity contribution in [2.45, 2.75) is 19.1 Å². The second-order valence-corrected chi connectivity index (χ2v) is 3.22. The highest BCUT2D eigenvalue weighted by atomic mass is 19.4. The number of hydrogen-bond donors (Lipinski definition) is 2. The Balaban J connectivity index is 2.69. The second-order valence-electron chi connectivity index (χ2n) is 3.22. The number of aromatic nitrogens is 2. The molecule has 0 aliphatic carbocycles. The molecule has 0 saturated heterocycles. The molecule has 0 fully saturated rings. The number of anilines is 1. The molecule has 5 nitrogen and oxygen atoms in total. The number of carbonyl (C=O) groups excluding carboxylic acids is 1. The summed E-state index contributed by atoms with van der Waals surface area (Å²) >= 11 is 0. The molecule has 0 unspecified atom stereocenters. The predicted octanol–water partition coefficient (Wildman–Crippen LogP) is 0.770. The van der Waals surface area contributed by atoms with Gasteiger partial charge in [-0.1, -0.05) is 0 Å². The number of aryl methyl sites for hydroxylation is 1. The lowest BCUT2D eigenvalue weighted by atomic mass is 10.3. The van der Waals surface area contributed by atoms with Crippen molar-refractivity contribution in [2.24, 2.45) is 12.8 Å². The van der Waals surface area contributed by atoms with Crippen LogP contribution in [-0.2, 0) is 18.4 Å². The van der Waals surface area contributed by atoms with Crippen LogP contribution in [0.25, 0.3) is 0 Å². The van der Waals surface area contributed by atoms with Crippen molar-refractivity contribution < 1.29 is 18.0 Å². The number of amides is 1. The average molecular weight is 236 g/mol. The fraction of sp³-hybridized carbons (Fsp3) is 0.500. The minimum atomic E-state index is -4.53. The zero-order valence-corrected chi connectivity index (χ0v) is 8.51. The van der Waals surface area contributed by atoms with Crippen LogP contribution in [0.4, 0.5) is 19.0 Å². The molecule has 1 aromatic rings. The summed E-state index contributed by atoms with van der Waals surface area (Å²) in [5.74, 6) is -1.08. The van der Waals surface area contributed by atoms with Gasteiger partial charge in [-0.2, -0.15) is 18.3 Å². The molecule has 0 saturated carbocycles. The number of hydrogen-bond acceptors (Lipinski definition) is 3.